The maximum absolute atomic E-state index is 12.5. The Morgan fingerprint density at radius 3 is 2.46 bits per heavy atom. The van der Waals surface area contributed by atoms with Crippen molar-refractivity contribution < 1.29 is 14.3 Å². The molecule has 1 aromatic rings. The zero-order chi connectivity index (χ0) is 18.9. The highest BCUT2D eigenvalue weighted by Crippen LogP contribution is 2.22. The van der Waals surface area contributed by atoms with Gasteiger partial charge in [0.2, 0.25) is 5.91 Å². The summed E-state index contributed by atoms with van der Waals surface area (Å²) < 4.78 is 5.26. The molecule has 0 spiro atoms. The third kappa shape index (κ3) is 5.73. The number of ether oxygens (including phenoxy) is 1. The van der Waals surface area contributed by atoms with Gasteiger partial charge in [0.05, 0.1) is 0 Å². The molecule has 0 atom stereocenters. The van der Waals surface area contributed by atoms with Crippen LogP contribution in [0.4, 0.5) is 10.5 Å². The normalized spacial score (nSPS) is 15.0. The first-order valence-corrected chi connectivity index (χ1v) is 9.50. The molecular weight excluding hydrogens is 330 g/mol. The number of rotatable bonds is 7. The molecule has 0 aliphatic carbocycles. The van der Waals surface area contributed by atoms with E-state index < -0.39 is 0 Å². The zero-order valence-electron chi connectivity index (χ0n) is 16.1. The second-order valence-electron chi connectivity index (χ2n) is 6.80. The van der Waals surface area contributed by atoms with Gasteiger partial charge in [-0.15, -0.1) is 0 Å². The Kier molecular flexibility index (Phi) is 7.91. The number of urea groups is 1. The molecule has 144 valence electrons. The Morgan fingerprint density at radius 2 is 1.85 bits per heavy atom. The SMILES string of the molecule is CCOCCCNC(=O)C1CCN(C(=O)Nc2c(C)cccc2C)CC1. The molecule has 2 rings (SSSR count). The van der Waals surface area contributed by atoms with Crippen LogP contribution in [0.25, 0.3) is 0 Å². The Balaban J connectivity index is 1.75. The van der Waals surface area contributed by atoms with E-state index in [0.717, 1.165) is 23.2 Å². The number of hydrogen-bond donors (Lipinski definition) is 2. The number of nitrogens with zero attached hydrogens (tertiary/aromatic N) is 1. The highest BCUT2D eigenvalue weighted by Gasteiger charge is 2.27. The van der Waals surface area contributed by atoms with Gasteiger partial charge < -0.3 is 20.3 Å². The molecule has 6 heteroatoms. The van der Waals surface area contributed by atoms with Gasteiger partial charge >= 0.3 is 6.03 Å². The molecule has 26 heavy (non-hydrogen) atoms. The lowest BCUT2D eigenvalue weighted by Gasteiger charge is -2.31. The minimum absolute atomic E-state index is 0.00802. The van der Waals surface area contributed by atoms with Gasteiger partial charge in [0.15, 0.2) is 0 Å². The first-order valence-electron chi connectivity index (χ1n) is 9.50. The van der Waals surface area contributed by atoms with Crippen LogP contribution in [0.3, 0.4) is 0 Å². The number of likely N-dealkylation sites (tertiary alicyclic amines) is 1. The summed E-state index contributed by atoms with van der Waals surface area (Å²) in [5.74, 6) is 0.0858. The Hall–Kier alpha value is -2.08. The van der Waals surface area contributed by atoms with Crippen LogP contribution in [0, 0.1) is 19.8 Å². The van der Waals surface area contributed by atoms with Crippen molar-refractivity contribution in [3.63, 3.8) is 0 Å². The number of nitrogens with one attached hydrogen (secondary N) is 2. The molecule has 1 fully saturated rings. The van der Waals surface area contributed by atoms with Crippen LogP contribution in [0.2, 0.25) is 0 Å². The third-order valence-corrected chi connectivity index (χ3v) is 4.83. The highest BCUT2D eigenvalue weighted by atomic mass is 16.5. The summed E-state index contributed by atoms with van der Waals surface area (Å²) in [5, 5.41) is 5.99. The fourth-order valence-corrected chi connectivity index (χ4v) is 3.22. The molecule has 1 saturated heterocycles. The van der Waals surface area contributed by atoms with Crippen LogP contribution in [0.15, 0.2) is 18.2 Å². The van der Waals surface area contributed by atoms with Gasteiger partial charge in [-0.25, -0.2) is 4.79 Å². The smallest absolute Gasteiger partial charge is 0.321 e. The standard InChI is InChI=1S/C20H31N3O3/c1-4-26-14-6-11-21-19(24)17-9-12-23(13-10-17)20(25)22-18-15(2)7-5-8-16(18)3/h5,7-8,17H,4,6,9-14H2,1-3H3,(H,21,24)(H,22,25). The Labute approximate surface area is 156 Å². The van der Waals surface area contributed by atoms with Crippen molar-refractivity contribution in [3.05, 3.63) is 29.3 Å². The van der Waals surface area contributed by atoms with Crippen molar-refractivity contribution in [1.82, 2.24) is 10.2 Å². The summed E-state index contributed by atoms with van der Waals surface area (Å²) in [6.07, 6.45) is 2.24. The van der Waals surface area contributed by atoms with E-state index in [1.54, 1.807) is 4.90 Å². The second kappa shape index (κ2) is 10.2. The lowest BCUT2D eigenvalue weighted by molar-refractivity contribution is -0.126. The van der Waals surface area contributed by atoms with E-state index in [1.807, 2.05) is 39.0 Å². The molecule has 1 heterocycles. The van der Waals surface area contributed by atoms with Crippen molar-refractivity contribution in [3.8, 4) is 0 Å². The van der Waals surface area contributed by atoms with Gasteiger partial charge in [0, 0.05) is 44.5 Å². The minimum atomic E-state index is -0.0852. The number of para-hydroxylation sites is 1. The lowest BCUT2D eigenvalue weighted by atomic mass is 9.96. The van der Waals surface area contributed by atoms with Crippen LogP contribution in [-0.4, -0.2) is 49.7 Å². The average Bonchev–Trinajstić information content (AvgIpc) is 2.64. The summed E-state index contributed by atoms with van der Waals surface area (Å²) >= 11 is 0. The predicted molar refractivity (Wildman–Crippen MR) is 103 cm³/mol. The average molecular weight is 361 g/mol. The summed E-state index contributed by atoms with van der Waals surface area (Å²) in [5.41, 5.74) is 2.99. The van der Waals surface area contributed by atoms with Gasteiger partial charge in [-0.05, 0) is 51.2 Å². The molecule has 1 aliphatic heterocycles. The van der Waals surface area contributed by atoms with E-state index in [1.165, 1.54) is 0 Å². The maximum atomic E-state index is 12.5. The van der Waals surface area contributed by atoms with Crippen LogP contribution in [0.1, 0.15) is 37.3 Å². The first-order chi connectivity index (χ1) is 12.5. The minimum Gasteiger partial charge on any atom is -0.382 e. The fourth-order valence-electron chi connectivity index (χ4n) is 3.22. The number of hydrogen-bond acceptors (Lipinski definition) is 3. The quantitative estimate of drug-likeness (QED) is 0.733. The van der Waals surface area contributed by atoms with E-state index in [4.69, 9.17) is 4.74 Å². The van der Waals surface area contributed by atoms with E-state index in [0.29, 0.717) is 45.7 Å². The molecule has 2 N–H and O–H groups in total. The molecule has 3 amide bonds. The number of benzene rings is 1. The highest BCUT2D eigenvalue weighted by molar-refractivity contribution is 5.91. The molecular formula is C20H31N3O3. The number of piperidine rings is 1. The first kappa shape index (κ1) is 20.2. The van der Waals surface area contributed by atoms with Gasteiger partial charge in [0.1, 0.15) is 0 Å². The summed E-state index contributed by atoms with van der Waals surface area (Å²) in [6.45, 7) is 9.18. The van der Waals surface area contributed by atoms with Crippen molar-refractivity contribution in [2.24, 2.45) is 5.92 Å². The van der Waals surface area contributed by atoms with Crippen LogP contribution in [-0.2, 0) is 9.53 Å². The van der Waals surface area contributed by atoms with E-state index >= 15 is 0 Å². The predicted octanol–water partition coefficient (Wildman–Crippen LogP) is 3.09. The lowest BCUT2D eigenvalue weighted by Crippen LogP contribution is -2.44. The molecule has 6 nitrogen and oxygen atoms in total. The Morgan fingerprint density at radius 1 is 1.19 bits per heavy atom. The Bertz CT molecular complexity index is 590. The van der Waals surface area contributed by atoms with Crippen molar-refractivity contribution in [2.45, 2.75) is 40.0 Å². The molecule has 0 aromatic heterocycles. The summed E-state index contributed by atoms with van der Waals surface area (Å²) in [7, 11) is 0. The number of carbonyl (C=O) groups excluding carboxylic acids is 2. The molecule has 1 aromatic carbocycles. The molecule has 0 radical (unpaired) electrons. The summed E-state index contributed by atoms with van der Waals surface area (Å²) in [4.78, 5) is 26.5. The summed E-state index contributed by atoms with van der Waals surface area (Å²) in [6, 6.07) is 5.88. The topological polar surface area (TPSA) is 70.7 Å². The number of amides is 3. The molecule has 0 saturated carbocycles. The van der Waals surface area contributed by atoms with Crippen molar-refractivity contribution >= 4 is 17.6 Å². The van der Waals surface area contributed by atoms with Gasteiger partial charge in [-0.2, -0.15) is 0 Å². The number of carbonyl (C=O) groups is 2. The van der Waals surface area contributed by atoms with Crippen molar-refractivity contribution in [2.75, 3.05) is 38.2 Å². The maximum Gasteiger partial charge on any atom is 0.321 e. The van der Waals surface area contributed by atoms with Crippen LogP contribution >= 0.6 is 0 Å². The van der Waals surface area contributed by atoms with E-state index in [2.05, 4.69) is 10.6 Å². The zero-order valence-corrected chi connectivity index (χ0v) is 16.1. The number of aryl methyl sites for hydroxylation is 2. The van der Waals surface area contributed by atoms with E-state index in [9.17, 15) is 9.59 Å². The molecule has 0 unspecified atom stereocenters. The van der Waals surface area contributed by atoms with Crippen LogP contribution in [0.5, 0.6) is 0 Å². The number of anilines is 1. The van der Waals surface area contributed by atoms with E-state index in [-0.39, 0.29) is 17.9 Å². The second-order valence-corrected chi connectivity index (χ2v) is 6.80. The third-order valence-electron chi connectivity index (χ3n) is 4.83. The van der Waals surface area contributed by atoms with Crippen LogP contribution < -0.4 is 10.6 Å². The van der Waals surface area contributed by atoms with Crippen molar-refractivity contribution in [1.29, 1.82) is 0 Å². The fraction of sp³-hybridized carbons (Fsp3) is 0.600. The molecule has 1 aliphatic rings. The van der Waals surface area contributed by atoms with Gasteiger partial charge in [-0.3, -0.25) is 4.79 Å². The monoisotopic (exact) mass is 361 g/mol. The van der Waals surface area contributed by atoms with Gasteiger partial charge in [-0.1, -0.05) is 18.2 Å². The van der Waals surface area contributed by atoms with Gasteiger partial charge in [0.25, 0.3) is 0 Å². The molecule has 0 bridgehead atoms. The largest absolute Gasteiger partial charge is 0.382 e.